The van der Waals surface area contributed by atoms with Gasteiger partial charge in [0.1, 0.15) is 0 Å². The monoisotopic (exact) mass is 320 g/mol. The predicted molar refractivity (Wildman–Crippen MR) is 94.3 cm³/mol. The second-order valence-corrected chi connectivity index (χ2v) is 5.73. The van der Waals surface area contributed by atoms with Gasteiger partial charge in [-0.25, -0.2) is 5.43 Å². The van der Waals surface area contributed by atoms with Gasteiger partial charge >= 0.3 is 0 Å². The molecule has 0 bridgehead atoms. The number of hydrogen-bond acceptors (Lipinski definition) is 2. The number of allylic oxidation sites excluding steroid dienone is 1. The van der Waals surface area contributed by atoms with Gasteiger partial charge in [0, 0.05) is 11.4 Å². The van der Waals surface area contributed by atoms with Crippen molar-refractivity contribution in [2.45, 2.75) is 51.4 Å². The number of amides is 1. The fourth-order valence-electron chi connectivity index (χ4n) is 2.06. The molecule has 0 spiro atoms. The highest BCUT2D eigenvalue weighted by molar-refractivity contribution is 6.30. The van der Waals surface area contributed by atoms with Gasteiger partial charge < -0.3 is 0 Å². The Labute approximate surface area is 138 Å². The van der Waals surface area contributed by atoms with E-state index in [4.69, 9.17) is 11.6 Å². The summed E-state index contributed by atoms with van der Waals surface area (Å²) in [6.45, 7) is 3.71. The van der Waals surface area contributed by atoms with E-state index >= 15 is 0 Å². The highest BCUT2D eigenvalue weighted by atomic mass is 35.5. The normalized spacial score (nSPS) is 10.8. The Morgan fingerprint density at radius 2 is 1.73 bits per heavy atom. The van der Waals surface area contributed by atoms with E-state index in [2.05, 4.69) is 17.1 Å². The molecule has 0 aromatic heterocycles. The average molecular weight is 321 g/mol. The third-order valence-corrected chi connectivity index (χ3v) is 3.59. The van der Waals surface area contributed by atoms with Crippen molar-refractivity contribution in [2.24, 2.45) is 5.10 Å². The molecule has 0 aliphatic heterocycles. The first-order valence-electron chi connectivity index (χ1n) is 7.91. The van der Waals surface area contributed by atoms with Gasteiger partial charge in [-0.1, -0.05) is 55.5 Å². The van der Waals surface area contributed by atoms with Crippen LogP contribution in [0.4, 0.5) is 0 Å². The van der Waals surface area contributed by atoms with Crippen molar-refractivity contribution in [3.05, 3.63) is 47.5 Å². The van der Waals surface area contributed by atoms with E-state index in [1.54, 1.807) is 18.3 Å². The van der Waals surface area contributed by atoms with Crippen LogP contribution in [0, 0.1) is 0 Å². The molecule has 1 aromatic rings. The predicted octanol–water partition coefficient (Wildman–Crippen LogP) is 5.10. The van der Waals surface area contributed by atoms with Crippen LogP contribution in [0.2, 0.25) is 5.02 Å². The molecule has 0 aliphatic carbocycles. The van der Waals surface area contributed by atoms with Gasteiger partial charge in [-0.05, 0) is 37.0 Å². The first kappa shape index (κ1) is 18.4. The highest BCUT2D eigenvalue weighted by Crippen LogP contribution is 2.09. The van der Waals surface area contributed by atoms with E-state index in [1.807, 2.05) is 18.2 Å². The molecule has 4 heteroatoms. The van der Waals surface area contributed by atoms with Gasteiger partial charge in [-0.15, -0.1) is 6.58 Å². The lowest BCUT2D eigenvalue weighted by molar-refractivity contribution is -0.121. The molecule has 0 saturated heterocycles. The Bertz CT molecular complexity index is 468. The zero-order valence-corrected chi connectivity index (χ0v) is 13.8. The summed E-state index contributed by atoms with van der Waals surface area (Å²) in [5, 5.41) is 4.63. The van der Waals surface area contributed by atoms with Crippen molar-refractivity contribution in [3.8, 4) is 0 Å². The number of nitrogens with zero attached hydrogens (tertiary/aromatic N) is 1. The number of halogens is 1. The van der Waals surface area contributed by atoms with Crippen molar-refractivity contribution in [2.75, 3.05) is 0 Å². The summed E-state index contributed by atoms with van der Waals surface area (Å²) in [5.74, 6) is -0.0307. The van der Waals surface area contributed by atoms with Gasteiger partial charge in [0.2, 0.25) is 5.91 Å². The van der Waals surface area contributed by atoms with E-state index in [9.17, 15) is 4.79 Å². The van der Waals surface area contributed by atoms with Gasteiger partial charge in [0.05, 0.1) is 6.21 Å². The van der Waals surface area contributed by atoms with Crippen LogP contribution in [0.5, 0.6) is 0 Å². The van der Waals surface area contributed by atoms with Crippen LogP contribution in [-0.4, -0.2) is 12.1 Å². The number of hydrogen-bond donors (Lipinski definition) is 1. The minimum Gasteiger partial charge on any atom is -0.273 e. The molecule has 22 heavy (non-hydrogen) atoms. The van der Waals surface area contributed by atoms with Crippen molar-refractivity contribution in [1.29, 1.82) is 0 Å². The average Bonchev–Trinajstić information content (AvgIpc) is 2.52. The molecule has 0 heterocycles. The van der Waals surface area contributed by atoms with Crippen molar-refractivity contribution < 1.29 is 4.79 Å². The summed E-state index contributed by atoms with van der Waals surface area (Å²) < 4.78 is 0. The van der Waals surface area contributed by atoms with E-state index in [-0.39, 0.29) is 5.91 Å². The van der Waals surface area contributed by atoms with Crippen LogP contribution >= 0.6 is 11.6 Å². The van der Waals surface area contributed by atoms with Crippen LogP contribution in [0.1, 0.15) is 56.9 Å². The number of benzene rings is 1. The fraction of sp³-hybridized carbons (Fsp3) is 0.444. The third-order valence-electron chi connectivity index (χ3n) is 3.33. The summed E-state index contributed by atoms with van der Waals surface area (Å²) in [5.41, 5.74) is 3.46. The van der Waals surface area contributed by atoms with Crippen molar-refractivity contribution in [3.63, 3.8) is 0 Å². The summed E-state index contributed by atoms with van der Waals surface area (Å²) in [4.78, 5) is 11.6. The third kappa shape index (κ3) is 9.35. The molecular formula is C18H25ClN2O. The number of unbranched alkanes of at least 4 members (excludes halogenated alkanes) is 6. The van der Waals surface area contributed by atoms with Gasteiger partial charge in [-0.2, -0.15) is 5.10 Å². The molecule has 0 atom stereocenters. The molecular weight excluding hydrogens is 296 g/mol. The van der Waals surface area contributed by atoms with E-state index < -0.39 is 0 Å². The summed E-state index contributed by atoms with van der Waals surface area (Å²) in [7, 11) is 0. The number of carbonyl (C=O) groups excluding carboxylic acids is 1. The van der Waals surface area contributed by atoms with Crippen LogP contribution in [0.25, 0.3) is 0 Å². The maximum atomic E-state index is 11.6. The van der Waals surface area contributed by atoms with Gasteiger partial charge in [0.15, 0.2) is 0 Å². The Balaban J connectivity index is 2.04. The van der Waals surface area contributed by atoms with Crippen LogP contribution in [0.3, 0.4) is 0 Å². The van der Waals surface area contributed by atoms with Crippen molar-refractivity contribution >= 4 is 23.7 Å². The second-order valence-electron chi connectivity index (χ2n) is 5.29. The molecule has 0 saturated carbocycles. The molecule has 0 unspecified atom stereocenters. The van der Waals surface area contributed by atoms with Crippen molar-refractivity contribution in [1.82, 2.24) is 5.43 Å². The topological polar surface area (TPSA) is 41.5 Å². The largest absolute Gasteiger partial charge is 0.273 e. The minimum atomic E-state index is -0.0307. The molecule has 3 nitrogen and oxygen atoms in total. The lowest BCUT2D eigenvalue weighted by Crippen LogP contribution is -2.16. The Morgan fingerprint density at radius 1 is 1.09 bits per heavy atom. The van der Waals surface area contributed by atoms with E-state index in [1.165, 1.54) is 25.7 Å². The first-order valence-corrected chi connectivity index (χ1v) is 8.28. The molecule has 120 valence electrons. The number of rotatable bonds is 11. The van der Waals surface area contributed by atoms with Crippen LogP contribution in [0.15, 0.2) is 42.0 Å². The standard InChI is InChI=1S/C18H25ClN2O/c1-2-3-4-5-6-7-8-9-10-18(22)21-20-15-16-11-13-17(19)14-12-16/h2,11-15H,1,3-10H2,(H,21,22)/b20-15-. The molecule has 1 N–H and O–H groups in total. The first-order chi connectivity index (χ1) is 10.7. The quantitative estimate of drug-likeness (QED) is 0.262. The van der Waals surface area contributed by atoms with Gasteiger partial charge in [-0.3, -0.25) is 4.79 Å². The van der Waals surface area contributed by atoms with E-state index in [0.29, 0.717) is 11.4 Å². The Hall–Kier alpha value is -1.61. The summed E-state index contributed by atoms with van der Waals surface area (Å²) >= 11 is 5.80. The number of hydrazone groups is 1. The van der Waals surface area contributed by atoms with Crippen LogP contribution in [-0.2, 0) is 4.79 Å². The molecule has 1 rings (SSSR count). The smallest absolute Gasteiger partial charge is 0.240 e. The minimum absolute atomic E-state index is 0.0307. The maximum absolute atomic E-state index is 11.6. The zero-order chi connectivity index (χ0) is 16.0. The molecule has 1 aromatic carbocycles. The lowest BCUT2D eigenvalue weighted by Gasteiger charge is -2.01. The van der Waals surface area contributed by atoms with Crippen LogP contribution < -0.4 is 5.43 Å². The van der Waals surface area contributed by atoms with Gasteiger partial charge in [0.25, 0.3) is 0 Å². The summed E-state index contributed by atoms with van der Waals surface area (Å²) in [6, 6.07) is 7.29. The Morgan fingerprint density at radius 3 is 2.41 bits per heavy atom. The zero-order valence-electron chi connectivity index (χ0n) is 13.1. The number of carbonyl (C=O) groups is 1. The molecule has 0 aliphatic rings. The molecule has 0 radical (unpaired) electrons. The summed E-state index contributed by atoms with van der Waals surface area (Å²) in [6.07, 6.45) is 12.2. The molecule has 0 fully saturated rings. The number of nitrogens with one attached hydrogen (secondary N) is 1. The fourth-order valence-corrected chi connectivity index (χ4v) is 2.19. The SMILES string of the molecule is C=CCCCCCCCCC(=O)N/N=C\c1ccc(Cl)cc1. The van der Waals surface area contributed by atoms with E-state index in [0.717, 1.165) is 24.8 Å². The maximum Gasteiger partial charge on any atom is 0.240 e. The lowest BCUT2D eigenvalue weighted by atomic mass is 10.1. The second kappa shape index (κ2) is 12.0. The Kier molecular flexibility index (Phi) is 10.0. The molecule has 1 amide bonds. The highest BCUT2D eigenvalue weighted by Gasteiger charge is 1.99.